The van der Waals surface area contributed by atoms with Crippen LogP contribution < -0.4 is 4.74 Å². The molecule has 0 aliphatic carbocycles. The van der Waals surface area contributed by atoms with Gasteiger partial charge in [-0.1, -0.05) is 12.1 Å². The van der Waals surface area contributed by atoms with E-state index in [2.05, 4.69) is 69.9 Å². The molecule has 1 saturated heterocycles. The maximum atomic E-state index is 5.31. The number of likely N-dealkylation sites (N-methyl/N-ethyl adjacent to an activating group) is 1. The Balaban J connectivity index is 1.42. The van der Waals surface area contributed by atoms with Crippen molar-refractivity contribution >= 4 is 5.65 Å². The summed E-state index contributed by atoms with van der Waals surface area (Å²) < 4.78 is 7.51. The molecule has 0 spiro atoms. The number of methoxy groups -OCH3 is 1. The molecule has 0 saturated carbocycles. The summed E-state index contributed by atoms with van der Waals surface area (Å²) in [7, 11) is 3.89. The molecule has 4 heterocycles. The Hall–Kier alpha value is -3.22. The second-order valence-electron chi connectivity index (χ2n) is 8.54. The van der Waals surface area contributed by atoms with Gasteiger partial charge in [0.25, 0.3) is 0 Å². The first-order valence-electron chi connectivity index (χ1n) is 11.1. The van der Waals surface area contributed by atoms with Gasteiger partial charge in [0, 0.05) is 38.1 Å². The van der Waals surface area contributed by atoms with Crippen LogP contribution in [-0.4, -0.2) is 58.0 Å². The number of hydrogen-bond donors (Lipinski definition) is 0. The summed E-state index contributed by atoms with van der Waals surface area (Å²) in [5.41, 5.74) is 6.55. The lowest BCUT2D eigenvalue weighted by Crippen LogP contribution is -2.46. The number of fused-ring (bicyclic) bond motifs is 1. The molecule has 0 radical (unpaired) electrons. The predicted molar refractivity (Wildman–Crippen MR) is 127 cm³/mol. The van der Waals surface area contributed by atoms with E-state index in [0.717, 1.165) is 65.9 Å². The average molecular weight is 428 g/mol. The zero-order chi connectivity index (χ0) is 22.1. The van der Waals surface area contributed by atoms with Crippen LogP contribution in [-0.2, 0) is 6.54 Å². The number of benzene rings is 1. The first kappa shape index (κ1) is 20.7. The van der Waals surface area contributed by atoms with Crippen molar-refractivity contribution in [3.8, 4) is 17.0 Å². The first-order valence-corrected chi connectivity index (χ1v) is 11.1. The van der Waals surface area contributed by atoms with Crippen LogP contribution in [0.3, 0.4) is 0 Å². The van der Waals surface area contributed by atoms with Crippen LogP contribution >= 0.6 is 0 Å². The molecule has 0 amide bonds. The van der Waals surface area contributed by atoms with E-state index in [-0.39, 0.29) is 6.04 Å². The molecule has 0 N–H and O–H groups in total. The van der Waals surface area contributed by atoms with Crippen molar-refractivity contribution in [2.75, 3.05) is 33.8 Å². The van der Waals surface area contributed by atoms with Gasteiger partial charge in [0.15, 0.2) is 0 Å². The lowest BCUT2D eigenvalue weighted by molar-refractivity contribution is 0.0876. The molecule has 5 rings (SSSR count). The molecule has 0 bridgehead atoms. The second-order valence-corrected chi connectivity index (χ2v) is 8.54. The largest absolute Gasteiger partial charge is 0.497 e. The highest BCUT2D eigenvalue weighted by atomic mass is 16.5. The molecule has 1 fully saturated rings. The third-order valence-corrected chi connectivity index (χ3v) is 6.30. The zero-order valence-corrected chi connectivity index (χ0v) is 18.9. The van der Waals surface area contributed by atoms with Crippen LogP contribution in [0.5, 0.6) is 5.75 Å². The van der Waals surface area contributed by atoms with Crippen molar-refractivity contribution in [1.29, 1.82) is 0 Å². The number of imidazole rings is 1. The third-order valence-electron chi connectivity index (χ3n) is 6.30. The Morgan fingerprint density at radius 3 is 2.56 bits per heavy atom. The van der Waals surface area contributed by atoms with Gasteiger partial charge in [-0.15, -0.1) is 0 Å². The lowest BCUT2D eigenvalue weighted by Gasteiger charge is -2.38. The van der Waals surface area contributed by atoms with Crippen LogP contribution in [0.4, 0.5) is 0 Å². The molecule has 6 heteroatoms. The van der Waals surface area contributed by atoms with Crippen molar-refractivity contribution < 1.29 is 4.74 Å². The maximum absolute atomic E-state index is 5.31. The standard InChI is InChI=1S/C26H29N5O/c1-19-6-4-7-21(27-19)16-30-15-14-29(2)25(18-30)23-17-31-24(8-5-9-26(31)28-23)20-10-12-22(32-3)13-11-20/h4-13,17,25H,14-16,18H2,1-3H3/t25-/m1/s1. The van der Waals surface area contributed by atoms with Gasteiger partial charge >= 0.3 is 0 Å². The van der Waals surface area contributed by atoms with Crippen LogP contribution in [0.1, 0.15) is 23.1 Å². The van der Waals surface area contributed by atoms with Gasteiger partial charge in [-0.05, 0) is 68.1 Å². The van der Waals surface area contributed by atoms with E-state index >= 15 is 0 Å². The summed E-state index contributed by atoms with van der Waals surface area (Å²) in [6.07, 6.45) is 2.20. The Morgan fingerprint density at radius 1 is 0.969 bits per heavy atom. The van der Waals surface area contributed by atoms with Crippen molar-refractivity contribution in [2.45, 2.75) is 19.5 Å². The number of pyridine rings is 2. The summed E-state index contributed by atoms with van der Waals surface area (Å²) in [4.78, 5) is 14.6. The van der Waals surface area contributed by atoms with Crippen LogP contribution in [0.2, 0.25) is 0 Å². The molecule has 1 aliphatic heterocycles. The number of ether oxygens (including phenoxy) is 1. The van der Waals surface area contributed by atoms with E-state index in [0.29, 0.717) is 0 Å². The Morgan fingerprint density at radius 2 is 1.78 bits per heavy atom. The highest BCUT2D eigenvalue weighted by Gasteiger charge is 2.28. The summed E-state index contributed by atoms with van der Waals surface area (Å²) in [5.74, 6) is 0.860. The van der Waals surface area contributed by atoms with Crippen LogP contribution in [0.15, 0.2) is 66.9 Å². The smallest absolute Gasteiger partial charge is 0.137 e. The molecule has 4 aromatic rings. The monoisotopic (exact) mass is 427 g/mol. The Kier molecular flexibility index (Phi) is 5.64. The molecule has 1 atom stereocenters. The second kappa shape index (κ2) is 8.73. The van der Waals surface area contributed by atoms with E-state index in [1.807, 2.05) is 25.1 Å². The fourth-order valence-corrected chi connectivity index (χ4v) is 4.50. The minimum atomic E-state index is 0.247. The Bertz CT molecular complexity index is 1220. The van der Waals surface area contributed by atoms with Gasteiger partial charge in [-0.2, -0.15) is 0 Å². The fraction of sp³-hybridized carbons (Fsp3) is 0.308. The van der Waals surface area contributed by atoms with Crippen molar-refractivity contribution in [2.24, 2.45) is 0 Å². The molecule has 1 aromatic carbocycles. The fourth-order valence-electron chi connectivity index (χ4n) is 4.50. The quantitative estimate of drug-likeness (QED) is 0.478. The SMILES string of the molecule is COc1ccc(-c2cccc3nc([C@H]4CN(Cc5cccc(C)n5)CCN4C)cn23)cc1. The molecule has 1 aliphatic rings. The van der Waals surface area contributed by atoms with Crippen LogP contribution in [0.25, 0.3) is 16.9 Å². The van der Waals surface area contributed by atoms with E-state index in [9.17, 15) is 0 Å². The molecule has 164 valence electrons. The zero-order valence-electron chi connectivity index (χ0n) is 18.9. The minimum Gasteiger partial charge on any atom is -0.497 e. The number of piperazine rings is 1. The number of hydrogen-bond acceptors (Lipinski definition) is 5. The van der Waals surface area contributed by atoms with Crippen molar-refractivity contribution in [3.05, 3.63) is 83.9 Å². The molecule has 3 aromatic heterocycles. The molecular formula is C26H29N5O. The van der Waals surface area contributed by atoms with Gasteiger partial charge < -0.3 is 4.74 Å². The number of aryl methyl sites for hydroxylation is 1. The maximum Gasteiger partial charge on any atom is 0.137 e. The number of rotatable bonds is 5. The summed E-state index contributed by atoms with van der Waals surface area (Å²) >= 11 is 0. The first-order chi connectivity index (χ1) is 15.6. The van der Waals surface area contributed by atoms with Gasteiger partial charge in [-0.3, -0.25) is 19.2 Å². The summed E-state index contributed by atoms with van der Waals surface area (Å²) in [5, 5.41) is 0. The van der Waals surface area contributed by atoms with E-state index in [4.69, 9.17) is 14.7 Å². The van der Waals surface area contributed by atoms with Crippen molar-refractivity contribution in [3.63, 3.8) is 0 Å². The molecule has 32 heavy (non-hydrogen) atoms. The normalized spacial score (nSPS) is 17.7. The Labute approximate surface area is 189 Å². The lowest BCUT2D eigenvalue weighted by atomic mass is 10.1. The van der Waals surface area contributed by atoms with Gasteiger partial charge in [0.2, 0.25) is 0 Å². The van der Waals surface area contributed by atoms with E-state index < -0.39 is 0 Å². The summed E-state index contributed by atoms with van der Waals surface area (Å²) in [6.45, 7) is 5.90. The topological polar surface area (TPSA) is 45.9 Å². The highest BCUT2D eigenvalue weighted by molar-refractivity contribution is 5.64. The molecular weight excluding hydrogens is 398 g/mol. The minimum absolute atomic E-state index is 0.247. The molecule has 6 nitrogen and oxygen atoms in total. The molecule has 0 unspecified atom stereocenters. The van der Waals surface area contributed by atoms with Gasteiger partial charge in [0.1, 0.15) is 11.4 Å². The average Bonchev–Trinajstić information content (AvgIpc) is 3.25. The van der Waals surface area contributed by atoms with Crippen LogP contribution in [0, 0.1) is 6.92 Å². The predicted octanol–water partition coefficient (Wildman–Crippen LogP) is 4.20. The van der Waals surface area contributed by atoms with Crippen molar-refractivity contribution in [1.82, 2.24) is 24.2 Å². The summed E-state index contributed by atoms with van der Waals surface area (Å²) in [6, 6.07) is 21.0. The van der Waals surface area contributed by atoms with Gasteiger partial charge in [-0.25, -0.2) is 4.98 Å². The highest BCUT2D eigenvalue weighted by Crippen LogP contribution is 2.28. The number of aromatic nitrogens is 3. The third kappa shape index (κ3) is 4.11. The number of nitrogens with zero attached hydrogens (tertiary/aromatic N) is 5. The van der Waals surface area contributed by atoms with Gasteiger partial charge in [0.05, 0.1) is 30.2 Å². The van der Waals surface area contributed by atoms with E-state index in [1.54, 1.807) is 7.11 Å². The van der Waals surface area contributed by atoms with E-state index in [1.165, 1.54) is 0 Å².